The number of hydrogen-bond acceptors (Lipinski definition) is 2. The van der Waals surface area contributed by atoms with Crippen LogP contribution in [0.25, 0.3) is 0 Å². The minimum atomic E-state index is -0.277. The molecule has 0 saturated carbocycles. The van der Waals surface area contributed by atoms with Gasteiger partial charge < -0.3 is 4.74 Å². The van der Waals surface area contributed by atoms with Gasteiger partial charge in [-0.1, -0.05) is 12.2 Å². The Morgan fingerprint density at radius 1 is 1.42 bits per heavy atom. The van der Waals surface area contributed by atoms with Gasteiger partial charge in [-0.3, -0.25) is 0 Å². The van der Waals surface area contributed by atoms with E-state index in [1.165, 1.54) is 6.08 Å². The molecule has 0 aromatic heterocycles. The van der Waals surface area contributed by atoms with Gasteiger partial charge in [0.2, 0.25) is 0 Å². The van der Waals surface area contributed by atoms with Crippen LogP contribution in [0.3, 0.4) is 0 Å². The minimum Gasteiger partial charge on any atom is -0.460 e. The summed E-state index contributed by atoms with van der Waals surface area (Å²) in [6.07, 6.45) is 5.18. The van der Waals surface area contributed by atoms with Crippen molar-refractivity contribution in [1.82, 2.24) is 0 Å². The molecule has 12 heavy (non-hydrogen) atoms. The molecule has 0 N–H and O–H groups in total. The number of esters is 1. The van der Waals surface area contributed by atoms with Crippen LogP contribution in [0.1, 0.15) is 27.7 Å². The van der Waals surface area contributed by atoms with Crippen molar-refractivity contribution in [3.05, 3.63) is 23.8 Å². The van der Waals surface area contributed by atoms with Crippen molar-refractivity contribution in [1.29, 1.82) is 0 Å². The fraction of sp³-hybridized carbons (Fsp3) is 0.500. The lowest BCUT2D eigenvalue weighted by molar-refractivity contribution is -0.141. The van der Waals surface area contributed by atoms with Crippen LogP contribution < -0.4 is 0 Å². The van der Waals surface area contributed by atoms with Crippen molar-refractivity contribution in [2.24, 2.45) is 0 Å². The average Bonchev–Trinajstić information content (AvgIpc) is 1.84. The number of carbonyl (C=O) groups is 1. The van der Waals surface area contributed by atoms with Gasteiger partial charge in [-0.25, -0.2) is 4.79 Å². The van der Waals surface area contributed by atoms with E-state index in [-0.39, 0.29) is 12.1 Å². The summed E-state index contributed by atoms with van der Waals surface area (Å²) in [5.74, 6) is -0.277. The molecule has 0 aliphatic heterocycles. The highest BCUT2D eigenvalue weighted by molar-refractivity contribution is 5.83. The third-order valence-corrected chi connectivity index (χ3v) is 1.13. The van der Waals surface area contributed by atoms with Gasteiger partial charge in [0.15, 0.2) is 0 Å². The third-order valence-electron chi connectivity index (χ3n) is 1.13. The largest absolute Gasteiger partial charge is 0.460 e. The number of allylic oxidation sites excluding steroid dienone is 3. The molecular weight excluding hydrogens is 152 g/mol. The molecule has 0 heterocycles. The molecule has 2 heteroatoms. The van der Waals surface area contributed by atoms with E-state index in [0.29, 0.717) is 0 Å². The lowest BCUT2D eigenvalue weighted by Crippen LogP contribution is -2.08. The lowest BCUT2D eigenvalue weighted by Gasteiger charge is -2.04. The van der Waals surface area contributed by atoms with E-state index in [0.717, 1.165) is 5.57 Å². The predicted octanol–water partition coefficient (Wildman–Crippen LogP) is 2.46. The molecule has 0 aromatic rings. The van der Waals surface area contributed by atoms with E-state index in [1.807, 2.05) is 39.8 Å². The molecule has 0 aliphatic carbocycles. The summed E-state index contributed by atoms with van der Waals surface area (Å²) in [4.78, 5) is 11.0. The van der Waals surface area contributed by atoms with Crippen LogP contribution in [0.2, 0.25) is 0 Å². The molecule has 0 unspecified atom stereocenters. The zero-order valence-electron chi connectivity index (χ0n) is 8.13. The normalized spacial score (nSPS) is 12.6. The van der Waals surface area contributed by atoms with Crippen LogP contribution in [0.15, 0.2) is 23.8 Å². The molecule has 0 amide bonds. The summed E-state index contributed by atoms with van der Waals surface area (Å²) in [6, 6.07) is 0. The van der Waals surface area contributed by atoms with Gasteiger partial charge in [-0.2, -0.15) is 0 Å². The van der Waals surface area contributed by atoms with Gasteiger partial charge in [0.25, 0.3) is 0 Å². The summed E-state index contributed by atoms with van der Waals surface area (Å²) < 4.78 is 4.92. The molecule has 0 fully saturated rings. The SMILES string of the molecule is C/C=C\C(C)=C\C(=O)OC(C)C. The Morgan fingerprint density at radius 2 is 2.00 bits per heavy atom. The molecule has 68 valence electrons. The first kappa shape index (κ1) is 11.0. The van der Waals surface area contributed by atoms with Crippen molar-refractivity contribution in [3.63, 3.8) is 0 Å². The van der Waals surface area contributed by atoms with Crippen LogP contribution in [0, 0.1) is 0 Å². The van der Waals surface area contributed by atoms with Gasteiger partial charge in [-0.15, -0.1) is 0 Å². The van der Waals surface area contributed by atoms with Crippen molar-refractivity contribution in [2.75, 3.05) is 0 Å². The molecule has 2 nitrogen and oxygen atoms in total. The Labute approximate surface area is 73.9 Å². The maximum absolute atomic E-state index is 11.0. The number of hydrogen-bond donors (Lipinski definition) is 0. The molecule has 0 aliphatic rings. The monoisotopic (exact) mass is 168 g/mol. The highest BCUT2D eigenvalue weighted by Crippen LogP contribution is 1.97. The predicted molar refractivity (Wildman–Crippen MR) is 49.8 cm³/mol. The Morgan fingerprint density at radius 3 is 2.42 bits per heavy atom. The van der Waals surface area contributed by atoms with Gasteiger partial charge >= 0.3 is 5.97 Å². The molecule has 0 aromatic carbocycles. The second kappa shape index (κ2) is 5.58. The Kier molecular flexibility index (Phi) is 5.09. The van der Waals surface area contributed by atoms with E-state index in [9.17, 15) is 4.79 Å². The molecular formula is C10H16O2. The van der Waals surface area contributed by atoms with Gasteiger partial charge in [0.1, 0.15) is 0 Å². The van der Waals surface area contributed by atoms with Gasteiger partial charge in [-0.05, 0) is 33.3 Å². The van der Waals surface area contributed by atoms with Gasteiger partial charge in [0, 0.05) is 6.08 Å². The Bertz CT molecular complexity index is 200. The molecule has 0 atom stereocenters. The van der Waals surface area contributed by atoms with Crippen molar-refractivity contribution in [2.45, 2.75) is 33.8 Å². The molecule has 0 spiro atoms. The minimum absolute atomic E-state index is 0.0489. The Hall–Kier alpha value is -1.05. The first-order chi connectivity index (χ1) is 5.56. The number of rotatable bonds is 3. The quantitative estimate of drug-likeness (QED) is 0.367. The number of ether oxygens (including phenoxy) is 1. The third kappa shape index (κ3) is 5.71. The lowest BCUT2D eigenvalue weighted by atomic mass is 10.2. The summed E-state index contributed by atoms with van der Waals surface area (Å²) in [5.41, 5.74) is 0.906. The fourth-order valence-electron chi connectivity index (χ4n) is 0.763. The highest BCUT2D eigenvalue weighted by atomic mass is 16.5. The summed E-state index contributed by atoms with van der Waals surface area (Å²) in [5, 5.41) is 0. The van der Waals surface area contributed by atoms with Crippen LogP contribution in [-0.4, -0.2) is 12.1 Å². The summed E-state index contributed by atoms with van der Waals surface area (Å²) in [6.45, 7) is 7.43. The van der Waals surface area contributed by atoms with E-state index in [2.05, 4.69) is 0 Å². The van der Waals surface area contributed by atoms with E-state index < -0.39 is 0 Å². The van der Waals surface area contributed by atoms with Crippen molar-refractivity contribution < 1.29 is 9.53 Å². The zero-order valence-corrected chi connectivity index (χ0v) is 8.13. The zero-order chi connectivity index (χ0) is 9.56. The van der Waals surface area contributed by atoms with E-state index >= 15 is 0 Å². The second-order valence-corrected chi connectivity index (χ2v) is 2.87. The second-order valence-electron chi connectivity index (χ2n) is 2.87. The molecule has 0 bridgehead atoms. The van der Waals surface area contributed by atoms with E-state index in [1.54, 1.807) is 0 Å². The van der Waals surface area contributed by atoms with Crippen LogP contribution in [0.4, 0.5) is 0 Å². The summed E-state index contributed by atoms with van der Waals surface area (Å²) in [7, 11) is 0. The average molecular weight is 168 g/mol. The van der Waals surface area contributed by atoms with E-state index in [4.69, 9.17) is 4.74 Å². The first-order valence-electron chi connectivity index (χ1n) is 4.08. The maximum Gasteiger partial charge on any atom is 0.331 e. The highest BCUT2D eigenvalue weighted by Gasteiger charge is 2.00. The van der Waals surface area contributed by atoms with Crippen molar-refractivity contribution in [3.8, 4) is 0 Å². The topological polar surface area (TPSA) is 26.3 Å². The van der Waals surface area contributed by atoms with Crippen molar-refractivity contribution >= 4 is 5.97 Å². The smallest absolute Gasteiger partial charge is 0.331 e. The standard InChI is InChI=1S/C10H16O2/c1-5-6-9(4)7-10(11)12-8(2)3/h5-8H,1-4H3/b6-5-,9-7+. The number of carbonyl (C=O) groups excluding carboxylic acids is 1. The fourth-order valence-corrected chi connectivity index (χ4v) is 0.763. The maximum atomic E-state index is 11.0. The van der Waals surface area contributed by atoms with Crippen LogP contribution in [-0.2, 0) is 9.53 Å². The molecule has 0 radical (unpaired) electrons. The summed E-state index contributed by atoms with van der Waals surface area (Å²) >= 11 is 0. The Balaban J connectivity index is 4.05. The molecule has 0 rings (SSSR count). The van der Waals surface area contributed by atoms with Crippen LogP contribution >= 0.6 is 0 Å². The van der Waals surface area contributed by atoms with Gasteiger partial charge in [0.05, 0.1) is 6.10 Å². The van der Waals surface area contributed by atoms with Crippen LogP contribution in [0.5, 0.6) is 0 Å². The molecule has 0 saturated heterocycles. The first-order valence-corrected chi connectivity index (χ1v) is 4.08.